The highest BCUT2D eigenvalue weighted by Gasteiger charge is 2.22. The van der Waals surface area contributed by atoms with Gasteiger partial charge in [-0.2, -0.15) is 0 Å². The Morgan fingerprint density at radius 2 is 1.94 bits per heavy atom. The number of hydrogen-bond donors (Lipinski definition) is 1. The number of benzene rings is 1. The normalized spacial score (nSPS) is 12.2. The van der Waals surface area contributed by atoms with E-state index in [1.165, 1.54) is 0 Å². The third kappa shape index (κ3) is 3.84. The van der Waals surface area contributed by atoms with Crippen LogP contribution in [-0.4, -0.2) is 30.4 Å². The molecule has 0 bridgehead atoms. The third-order valence-corrected chi connectivity index (χ3v) is 3.23. The first kappa shape index (κ1) is 14.7. The Hall–Kier alpha value is -1.35. The highest BCUT2D eigenvalue weighted by atomic mass is 16.2. The molecular weight excluding hydrogens is 224 g/mol. The third-order valence-electron chi connectivity index (χ3n) is 3.23. The summed E-state index contributed by atoms with van der Waals surface area (Å²) in [5, 5.41) is 0. The minimum atomic E-state index is -0.0241. The highest BCUT2D eigenvalue weighted by Crippen LogP contribution is 2.21. The van der Waals surface area contributed by atoms with Crippen LogP contribution in [0.1, 0.15) is 38.2 Å². The van der Waals surface area contributed by atoms with Gasteiger partial charge in [-0.3, -0.25) is 4.79 Å². The summed E-state index contributed by atoms with van der Waals surface area (Å²) in [5.74, 6) is 0.198. The molecule has 0 aromatic heterocycles. The number of likely N-dealkylation sites (N-methyl/N-ethyl adjacent to an activating group) is 1. The molecule has 0 radical (unpaired) electrons. The molecule has 1 aromatic rings. The van der Waals surface area contributed by atoms with Crippen molar-refractivity contribution >= 4 is 5.91 Å². The van der Waals surface area contributed by atoms with Crippen LogP contribution in [0.5, 0.6) is 0 Å². The van der Waals surface area contributed by atoms with Gasteiger partial charge in [0.05, 0.1) is 5.92 Å². The van der Waals surface area contributed by atoms with E-state index in [0.29, 0.717) is 6.54 Å². The van der Waals surface area contributed by atoms with Gasteiger partial charge in [0.15, 0.2) is 0 Å². The predicted octanol–water partition coefficient (Wildman–Crippen LogP) is 2.38. The topological polar surface area (TPSA) is 46.3 Å². The molecule has 0 spiro atoms. The maximum Gasteiger partial charge on any atom is 0.230 e. The first-order chi connectivity index (χ1) is 8.74. The molecule has 2 N–H and O–H groups in total. The van der Waals surface area contributed by atoms with Gasteiger partial charge < -0.3 is 10.6 Å². The molecule has 1 unspecified atom stereocenters. The van der Waals surface area contributed by atoms with Crippen molar-refractivity contribution in [3.8, 4) is 0 Å². The summed E-state index contributed by atoms with van der Waals surface area (Å²) < 4.78 is 0. The Labute approximate surface area is 110 Å². The molecule has 0 aliphatic carbocycles. The maximum absolute atomic E-state index is 12.5. The summed E-state index contributed by atoms with van der Waals surface area (Å²) in [6.07, 6.45) is 1.70. The second kappa shape index (κ2) is 7.88. The largest absolute Gasteiger partial charge is 0.342 e. The quantitative estimate of drug-likeness (QED) is 0.805. The smallest absolute Gasteiger partial charge is 0.230 e. The zero-order valence-corrected chi connectivity index (χ0v) is 11.4. The van der Waals surface area contributed by atoms with E-state index < -0.39 is 0 Å². The van der Waals surface area contributed by atoms with Crippen molar-refractivity contribution < 1.29 is 4.79 Å². The Bertz CT molecular complexity index is 351. The molecule has 3 heteroatoms. The van der Waals surface area contributed by atoms with E-state index >= 15 is 0 Å². The van der Waals surface area contributed by atoms with Crippen LogP contribution in [0.2, 0.25) is 0 Å². The van der Waals surface area contributed by atoms with Gasteiger partial charge in [0.2, 0.25) is 5.91 Å². The van der Waals surface area contributed by atoms with Crippen LogP contribution in [0.3, 0.4) is 0 Å². The Kier molecular flexibility index (Phi) is 6.44. The van der Waals surface area contributed by atoms with Gasteiger partial charge in [0.1, 0.15) is 0 Å². The van der Waals surface area contributed by atoms with E-state index in [4.69, 9.17) is 5.73 Å². The minimum absolute atomic E-state index is 0.0241. The zero-order valence-electron chi connectivity index (χ0n) is 11.4. The van der Waals surface area contributed by atoms with Gasteiger partial charge in [-0.1, -0.05) is 37.3 Å². The van der Waals surface area contributed by atoms with Crippen LogP contribution in [-0.2, 0) is 4.79 Å². The van der Waals surface area contributed by atoms with E-state index in [-0.39, 0.29) is 11.8 Å². The number of carbonyl (C=O) groups excluding carboxylic acids is 1. The van der Waals surface area contributed by atoms with Gasteiger partial charge >= 0.3 is 0 Å². The number of hydrogen-bond acceptors (Lipinski definition) is 2. The Morgan fingerprint density at radius 3 is 2.44 bits per heavy atom. The van der Waals surface area contributed by atoms with E-state index in [2.05, 4.69) is 6.92 Å². The van der Waals surface area contributed by atoms with Crippen molar-refractivity contribution in [3.05, 3.63) is 35.9 Å². The summed E-state index contributed by atoms with van der Waals surface area (Å²) in [5.41, 5.74) is 6.62. The number of nitrogens with two attached hydrogens (primary N) is 1. The standard InChI is InChI=1S/C15H24N2O/c1-3-14(13-9-6-5-7-10-13)15(18)17(4-2)12-8-11-16/h5-7,9-10,14H,3-4,8,11-12,16H2,1-2H3. The molecule has 0 heterocycles. The average molecular weight is 248 g/mol. The molecule has 1 aromatic carbocycles. The van der Waals surface area contributed by atoms with Crippen molar-refractivity contribution in [1.29, 1.82) is 0 Å². The maximum atomic E-state index is 12.5. The molecule has 0 aliphatic rings. The number of carbonyl (C=O) groups is 1. The molecular formula is C15H24N2O. The number of amides is 1. The van der Waals surface area contributed by atoms with Crippen molar-refractivity contribution in [2.75, 3.05) is 19.6 Å². The van der Waals surface area contributed by atoms with E-state index in [0.717, 1.165) is 31.5 Å². The second-order valence-corrected chi connectivity index (χ2v) is 4.43. The molecule has 0 fully saturated rings. The lowest BCUT2D eigenvalue weighted by Gasteiger charge is -2.26. The fraction of sp³-hybridized carbons (Fsp3) is 0.533. The summed E-state index contributed by atoms with van der Waals surface area (Å²) in [6, 6.07) is 10.0. The fourth-order valence-electron chi connectivity index (χ4n) is 2.16. The Morgan fingerprint density at radius 1 is 1.28 bits per heavy atom. The van der Waals surface area contributed by atoms with Crippen LogP contribution < -0.4 is 5.73 Å². The zero-order chi connectivity index (χ0) is 13.4. The monoisotopic (exact) mass is 248 g/mol. The first-order valence-corrected chi connectivity index (χ1v) is 6.78. The van der Waals surface area contributed by atoms with Gasteiger partial charge in [-0.15, -0.1) is 0 Å². The molecule has 0 saturated heterocycles. The van der Waals surface area contributed by atoms with Crippen LogP contribution in [0, 0.1) is 0 Å². The van der Waals surface area contributed by atoms with E-state index in [9.17, 15) is 4.79 Å². The lowest BCUT2D eigenvalue weighted by molar-refractivity contribution is -0.132. The van der Waals surface area contributed by atoms with Crippen molar-refractivity contribution in [1.82, 2.24) is 4.90 Å². The predicted molar refractivity (Wildman–Crippen MR) is 75.4 cm³/mol. The van der Waals surface area contributed by atoms with Gasteiger partial charge in [0, 0.05) is 13.1 Å². The van der Waals surface area contributed by atoms with Gasteiger partial charge in [-0.05, 0) is 31.9 Å². The van der Waals surface area contributed by atoms with Crippen LogP contribution in [0.15, 0.2) is 30.3 Å². The van der Waals surface area contributed by atoms with Gasteiger partial charge in [0.25, 0.3) is 0 Å². The number of rotatable bonds is 7. The molecule has 1 atom stereocenters. The Balaban J connectivity index is 2.78. The molecule has 18 heavy (non-hydrogen) atoms. The summed E-state index contributed by atoms with van der Waals surface area (Å²) in [4.78, 5) is 14.4. The van der Waals surface area contributed by atoms with Crippen LogP contribution in [0.25, 0.3) is 0 Å². The highest BCUT2D eigenvalue weighted by molar-refractivity contribution is 5.83. The lowest BCUT2D eigenvalue weighted by Crippen LogP contribution is -2.36. The summed E-state index contributed by atoms with van der Waals surface area (Å²) in [6.45, 7) is 6.22. The van der Waals surface area contributed by atoms with Crippen molar-refractivity contribution in [2.24, 2.45) is 5.73 Å². The van der Waals surface area contributed by atoms with Crippen molar-refractivity contribution in [3.63, 3.8) is 0 Å². The molecule has 0 aliphatic heterocycles. The fourth-order valence-corrected chi connectivity index (χ4v) is 2.16. The SMILES string of the molecule is CCC(C(=O)N(CC)CCCN)c1ccccc1. The number of nitrogens with zero attached hydrogens (tertiary/aromatic N) is 1. The van der Waals surface area contributed by atoms with E-state index in [1.807, 2.05) is 42.2 Å². The molecule has 100 valence electrons. The molecule has 1 rings (SSSR count). The average Bonchev–Trinajstić information content (AvgIpc) is 2.42. The lowest BCUT2D eigenvalue weighted by atomic mass is 9.95. The van der Waals surface area contributed by atoms with Crippen LogP contribution >= 0.6 is 0 Å². The first-order valence-electron chi connectivity index (χ1n) is 6.78. The second-order valence-electron chi connectivity index (χ2n) is 4.43. The molecule has 0 saturated carbocycles. The van der Waals surface area contributed by atoms with E-state index in [1.54, 1.807) is 0 Å². The molecule has 3 nitrogen and oxygen atoms in total. The minimum Gasteiger partial charge on any atom is -0.342 e. The summed E-state index contributed by atoms with van der Waals surface area (Å²) in [7, 11) is 0. The van der Waals surface area contributed by atoms with Crippen molar-refractivity contribution in [2.45, 2.75) is 32.6 Å². The van der Waals surface area contributed by atoms with Gasteiger partial charge in [-0.25, -0.2) is 0 Å². The summed E-state index contributed by atoms with van der Waals surface area (Å²) >= 11 is 0. The van der Waals surface area contributed by atoms with Crippen LogP contribution in [0.4, 0.5) is 0 Å². The molecule has 1 amide bonds.